The molecular weight excluding hydrogens is 387 g/mol. The summed E-state index contributed by atoms with van der Waals surface area (Å²) in [7, 11) is 0. The number of halogens is 1. The Morgan fingerprint density at radius 3 is 2.80 bits per heavy atom. The molecule has 1 aliphatic rings. The monoisotopic (exact) mass is 415 g/mol. The molecule has 0 saturated heterocycles. The van der Waals surface area contributed by atoms with Gasteiger partial charge in [-0.25, -0.2) is 4.39 Å². The second-order valence-corrected chi connectivity index (χ2v) is 7.43. The number of carbonyl (C=O) groups excluding carboxylic acids is 1. The van der Waals surface area contributed by atoms with Gasteiger partial charge < -0.3 is 29.6 Å². The van der Waals surface area contributed by atoms with Crippen LogP contribution in [-0.2, 0) is 16.0 Å². The SMILES string of the molecule is CCOC(Cc1ccc(NCCCN2CC(C)Oc3cc(F)ccc32)cc1)C(=O)[O-]. The highest BCUT2D eigenvalue weighted by Crippen LogP contribution is 2.33. The van der Waals surface area contributed by atoms with Crippen LogP contribution in [0.5, 0.6) is 5.75 Å². The first-order chi connectivity index (χ1) is 14.5. The number of carboxylic acids is 1. The van der Waals surface area contributed by atoms with E-state index >= 15 is 0 Å². The minimum absolute atomic E-state index is 0.0151. The maximum Gasteiger partial charge on any atom is 0.146 e. The second-order valence-electron chi connectivity index (χ2n) is 7.43. The van der Waals surface area contributed by atoms with Crippen LogP contribution in [0.15, 0.2) is 42.5 Å². The lowest BCUT2D eigenvalue weighted by molar-refractivity contribution is -0.316. The van der Waals surface area contributed by atoms with Crippen LogP contribution in [0, 0.1) is 5.82 Å². The van der Waals surface area contributed by atoms with E-state index in [1.54, 1.807) is 13.0 Å². The molecule has 0 aliphatic carbocycles. The fraction of sp³-hybridized carbons (Fsp3) is 0.435. The Balaban J connectivity index is 1.47. The van der Waals surface area contributed by atoms with Crippen molar-refractivity contribution in [3.63, 3.8) is 0 Å². The van der Waals surface area contributed by atoms with E-state index in [1.165, 1.54) is 12.1 Å². The molecule has 1 heterocycles. The van der Waals surface area contributed by atoms with E-state index in [-0.39, 0.29) is 18.3 Å². The van der Waals surface area contributed by atoms with E-state index in [0.29, 0.717) is 12.4 Å². The molecule has 0 fully saturated rings. The molecule has 1 aliphatic heterocycles. The molecule has 6 nitrogen and oxygen atoms in total. The van der Waals surface area contributed by atoms with E-state index in [1.807, 2.05) is 31.2 Å². The number of nitrogens with one attached hydrogen (secondary N) is 1. The van der Waals surface area contributed by atoms with Crippen molar-refractivity contribution in [2.24, 2.45) is 0 Å². The first-order valence-corrected chi connectivity index (χ1v) is 10.3. The van der Waals surface area contributed by atoms with Crippen molar-refractivity contribution in [2.75, 3.05) is 36.5 Å². The summed E-state index contributed by atoms with van der Waals surface area (Å²) < 4.78 is 24.4. The zero-order valence-corrected chi connectivity index (χ0v) is 17.4. The molecule has 30 heavy (non-hydrogen) atoms. The average molecular weight is 415 g/mol. The van der Waals surface area contributed by atoms with Gasteiger partial charge in [-0.05, 0) is 50.1 Å². The third kappa shape index (κ3) is 5.86. The number of aliphatic carboxylic acids is 1. The van der Waals surface area contributed by atoms with E-state index in [4.69, 9.17) is 9.47 Å². The summed E-state index contributed by atoms with van der Waals surface area (Å²) in [6.45, 7) is 6.46. The standard InChI is InChI=1S/C23H29FN2O4/c1-3-29-22(23(27)28)13-17-5-8-19(9-6-17)25-11-4-12-26-15-16(2)30-21-14-18(24)7-10-20(21)26/h5-10,14,16,22,25H,3-4,11-13,15H2,1-2H3,(H,27,28)/p-1. The summed E-state index contributed by atoms with van der Waals surface area (Å²) in [5, 5.41) is 14.5. The normalized spacial score (nSPS) is 16.5. The van der Waals surface area contributed by atoms with Gasteiger partial charge in [0, 0.05) is 37.9 Å². The molecule has 0 aromatic heterocycles. The largest absolute Gasteiger partial charge is 0.547 e. The topological polar surface area (TPSA) is 73.9 Å². The highest BCUT2D eigenvalue weighted by molar-refractivity contribution is 5.70. The number of hydrogen-bond acceptors (Lipinski definition) is 6. The van der Waals surface area contributed by atoms with Crippen LogP contribution < -0.4 is 20.1 Å². The van der Waals surface area contributed by atoms with Crippen molar-refractivity contribution in [1.29, 1.82) is 0 Å². The van der Waals surface area contributed by atoms with E-state index in [9.17, 15) is 14.3 Å². The molecule has 3 rings (SSSR count). The Morgan fingerprint density at radius 1 is 1.33 bits per heavy atom. The molecule has 0 spiro atoms. The number of rotatable bonds is 10. The van der Waals surface area contributed by atoms with Crippen molar-refractivity contribution >= 4 is 17.3 Å². The van der Waals surface area contributed by atoms with Crippen LogP contribution in [0.1, 0.15) is 25.8 Å². The fourth-order valence-corrected chi connectivity index (χ4v) is 3.60. The molecule has 162 valence electrons. The van der Waals surface area contributed by atoms with Crippen molar-refractivity contribution in [3.8, 4) is 5.75 Å². The minimum Gasteiger partial charge on any atom is -0.547 e. The number of fused-ring (bicyclic) bond motifs is 1. The molecule has 2 unspecified atom stereocenters. The summed E-state index contributed by atoms with van der Waals surface area (Å²) in [5.74, 6) is -0.889. The minimum atomic E-state index is -1.19. The van der Waals surface area contributed by atoms with Gasteiger partial charge in [-0.2, -0.15) is 0 Å². The van der Waals surface area contributed by atoms with Crippen molar-refractivity contribution in [2.45, 2.75) is 38.9 Å². The summed E-state index contributed by atoms with van der Waals surface area (Å²) in [6, 6.07) is 12.3. The van der Waals surface area contributed by atoms with Crippen LogP contribution >= 0.6 is 0 Å². The number of carbonyl (C=O) groups is 1. The molecule has 0 bridgehead atoms. The number of nitrogens with zero attached hydrogens (tertiary/aromatic N) is 1. The predicted molar refractivity (Wildman–Crippen MR) is 112 cm³/mol. The van der Waals surface area contributed by atoms with Crippen LogP contribution in [-0.4, -0.2) is 44.4 Å². The van der Waals surface area contributed by atoms with Crippen LogP contribution in [0.25, 0.3) is 0 Å². The average Bonchev–Trinajstić information content (AvgIpc) is 2.71. The van der Waals surface area contributed by atoms with Gasteiger partial charge in [0.05, 0.1) is 18.2 Å². The summed E-state index contributed by atoms with van der Waals surface area (Å²) in [6.07, 6.45) is 0.274. The number of benzene rings is 2. The van der Waals surface area contributed by atoms with Crippen molar-refractivity contribution in [1.82, 2.24) is 0 Å². The second kappa shape index (κ2) is 10.3. The Labute approximate surface area is 176 Å². The van der Waals surface area contributed by atoms with Crippen molar-refractivity contribution < 1.29 is 23.8 Å². The van der Waals surface area contributed by atoms with Gasteiger partial charge in [0.1, 0.15) is 23.8 Å². The van der Waals surface area contributed by atoms with Crippen molar-refractivity contribution in [3.05, 3.63) is 53.8 Å². The zero-order chi connectivity index (χ0) is 21.5. The molecule has 2 aromatic carbocycles. The smallest absolute Gasteiger partial charge is 0.146 e. The first kappa shape index (κ1) is 21.9. The molecule has 0 saturated carbocycles. The lowest BCUT2D eigenvalue weighted by Gasteiger charge is -2.35. The highest BCUT2D eigenvalue weighted by atomic mass is 19.1. The Hall–Kier alpha value is -2.80. The molecule has 0 radical (unpaired) electrons. The van der Waals surface area contributed by atoms with Gasteiger partial charge in [-0.1, -0.05) is 12.1 Å². The maximum absolute atomic E-state index is 13.5. The third-order valence-electron chi connectivity index (χ3n) is 5.01. The summed E-state index contributed by atoms with van der Waals surface area (Å²) in [4.78, 5) is 13.3. The van der Waals surface area contributed by atoms with Crippen LogP contribution in [0.4, 0.5) is 15.8 Å². The Morgan fingerprint density at radius 2 is 2.10 bits per heavy atom. The highest BCUT2D eigenvalue weighted by Gasteiger charge is 2.22. The summed E-state index contributed by atoms with van der Waals surface area (Å²) in [5.41, 5.74) is 2.78. The van der Waals surface area contributed by atoms with E-state index in [0.717, 1.165) is 43.0 Å². The van der Waals surface area contributed by atoms with Crippen LogP contribution in [0.2, 0.25) is 0 Å². The van der Waals surface area contributed by atoms with Gasteiger partial charge in [0.25, 0.3) is 0 Å². The number of anilines is 2. The fourth-order valence-electron chi connectivity index (χ4n) is 3.60. The lowest BCUT2D eigenvalue weighted by atomic mass is 10.1. The van der Waals surface area contributed by atoms with E-state index in [2.05, 4.69) is 10.2 Å². The van der Waals surface area contributed by atoms with Crippen LogP contribution in [0.3, 0.4) is 0 Å². The molecule has 1 N–H and O–H groups in total. The van der Waals surface area contributed by atoms with Gasteiger partial charge in [-0.3, -0.25) is 0 Å². The third-order valence-corrected chi connectivity index (χ3v) is 5.01. The number of hydrogen-bond donors (Lipinski definition) is 1. The molecular formula is C23H28FN2O4-. The zero-order valence-electron chi connectivity index (χ0n) is 17.4. The lowest BCUT2D eigenvalue weighted by Crippen LogP contribution is -2.39. The first-order valence-electron chi connectivity index (χ1n) is 10.3. The Kier molecular flexibility index (Phi) is 7.52. The molecule has 7 heteroatoms. The number of carboxylic acid groups (broad SMARTS) is 1. The molecule has 2 atom stereocenters. The molecule has 0 amide bonds. The maximum atomic E-state index is 13.5. The number of ether oxygens (including phenoxy) is 2. The Bertz CT molecular complexity index is 844. The quantitative estimate of drug-likeness (QED) is 0.602. The van der Waals surface area contributed by atoms with Gasteiger partial charge in [0.2, 0.25) is 0 Å². The van der Waals surface area contributed by atoms with Gasteiger partial charge in [0.15, 0.2) is 0 Å². The van der Waals surface area contributed by atoms with Gasteiger partial charge >= 0.3 is 0 Å². The van der Waals surface area contributed by atoms with E-state index < -0.39 is 12.1 Å². The molecule has 2 aromatic rings. The predicted octanol–water partition coefficient (Wildman–Crippen LogP) is 2.61. The summed E-state index contributed by atoms with van der Waals surface area (Å²) >= 11 is 0. The van der Waals surface area contributed by atoms with Gasteiger partial charge in [-0.15, -0.1) is 0 Å².